The van der Waals surface area contributed by atoms with Crippen molar-refractivity contribution >= 4 is 16.9 Å². The van der Waals surface area contributed by atoms with E-state index >= 15 is 0 Å². The van der Waals surface area contributed by atoms with Crippen LogP contribution in [0.25, 0.3) is 10.9 Å². The third kappa shape index (κ3) is 1.50. The molecule has 0 aliphatic rings. The fourth-order valence-corrected chi connectivity index (χ4v) is 1.67. The van der Waals surface area contributed by atoms with Crippen LogP contribution in [0.15, 0.2) is 18.2 Å². The Bertz CT molecular complexity index is 533. The van der Waals surface area contributed by atoms with Gasteiger partial charge in [-0.15, -0.1) is 0 Å². The summed E-state index contributed by atoms with van der Waals surface area (Å²) in [4.78, 5) is 11.0. The summed E-state index contributed by atoms with van der Waals surface area (Å²) in [5.74, 6) is -0.896. The van der Waals surface area contributed by atoms with Crippen molar-refractivity contribution in [1.82, 2.24) is 10.2 Å². The minimum atomic E-state index is -0.892. The van der Waals surface area contributed by atoms with E-state index < -0.39 is 11.9 Å². The van der Waals surface area contributed by atoms with E-state index in [1.807, 2.05) is 12.1 Å². The second-order valence-corrected chi connectivity index (χ2v) is 3.55. The van der Waals surface area contributed by atoms with E-state index in [9.17, 15) is 4.79 Å². The summed E-state index contributed by atoms with van der Waals surface area (Å²) >= 11 is 0. The van der Waals surface area contributed by atoms with Crippen LogP contribution in [0.3, 0.4) is 0 Å². The monoisotopic (exact) mass is 220 g/mol. The summed E-state index contributed by atoms with van der Waals surface area (Å²) < 4.78 is 5.20. The summed E-state index contributed by atoms with van der Waals surface area (Å²) in [6.45, 7) is 1.61. The lowest BCUT2D eigenvalue weighted by atomic mass is 10.0. The van der Waals surface area contributed by atoms with E-state index in [1.54, 1.807) is 20.1 Å². The van der Waals surface area contributed by atoms with Gasteiger partial charge in [-0.3, -0.25) is 9.89 Å². The quantitative estimate of drug-likeness (QED) is 0.826. The van der Waals surface area contributed by atoms with Gasteiger partial charge >= 0.3 is 5.97 Å². The lowest BCUT2D eigenvalue weighted by molar-refractivity contribution is -0.138. The minimum absolute atomic E-state index is 0.569. The predicted octanol–water partition coefficient (Wildman–Crippen LogP) is 1.76. The van der Waals surface area contributed by atoms with Crippen molar-refractivity contribution in [3.05, 3.63) is 23.9 Å². The summed E-state index contributed by atoms with van der Waals surface area (Å²) in [5, 5.41) is 16.5. The van der Waals surface area contributed by atoms with Crippen LogP contribution in [0.4, 0.5) is 0 Å². The van der Waals surface area contributed by atoms with Gasteiger partial charge in [0.2, 0.25) is 0 Å². The first-order valence-electron chi connectivity index (χ1n) is 4.89. The van der Waals surface area contributed by atoms with Gasteiger partial charge in [0.25, 0.3) is 0 Å². The molecule has 0 saturated heterocycles. The van der Waals surface area contributed by atoms with E-state index in [-0.39, 0.29) is 0 Å². The lowest BCUT2D eigenvalue weighted by Crippen LogP contribution is -2.08. The number of nitrogens with zero attached hydrogens (tertiary/aromatic N) is 1. The summed E-state index contributed by atoms with van der Waals surface area (Å²) in [6.07, 6.45) is 0. The number of nitrogens with one attached hydrogen (secondary N) is 1. The van der Waals surface area contributed by atoms with Gasteiger partial charge in [-0.2, -0.15) is 5.10 Å². The molecular formula is C11H12N2O3. The number of benzene rings is 1. The van der Waals surface area contributed by atoms with Gasteiger partial charge in [-0.1, -0.05) is 6.07 Å². The smallest absolute Gasteiger partial charge is 0.312 e. The third-order valence-electron chi connectivity index (χ3n) is 2.59. The van der Waals surface area contributed by atoms with Crippen LogP contribution in [0.1, 0.15) is 18.5 Å². The standard InChI is InChI=1S/C11H12N2O3/c1-6(11(14)15)10-9-7(12-13-10)4-3-5-8(9)16-2/h3-6H,1-2H3,(H,12,13)(H,14,15). The molecule has 0 spiro atoms. The molecule has 1 heterocycles. The molecule has 0 amide bonds. The number of hydrogen-bond acceptors (Lipinski definition) is 3. The number of aromatic nitrogens is 2. The molecule has 0 radical (unpaired) electrons. The molecule has 1 aromatic carbocycles. The normalized spacial score (nSPS) is 12.6. The molecule has 5 nitrogen and oxygen atoms in total. The molecule has 0 aliphatic carbocycles. The van der Waals surface area contributed by atoms with Crippen LogP contribution in [0, 0.1) is 0 Å². The lowest BCUT2D eigenvalue weighted by Gasteiger charge is -2.06. The Balaban J connectivity index is 2.67. The topological polar surface area (TPSA) is 75.2 Å². The Kier molecular flexibility index (Phi) is 2.52. The van der Waals surface area contributed by atoms with Crippen molar-refractivity contribution in [2.45, 2.75) is 12.8 Å². The van der Waals surface area contributed by atoms with E-state index in [0.717, 1.165) is 5.39 Å². The highest BCUT2D eigenvalue weighted by atomic mass is 16.5. The fourth-order valence-electron chi connectivity index (χ4n) is 1.67. The zero-order chi connectivity index (χ0) is 11.7. The highest BCUT2D eigenvalue weighted by Crippen LogP contribution is 2.31. The zero-order valence-corrected chi connectivity index (χ0v) is 9.02. The van der Waals surface area contributed by atoms with Crippen LogP contribution < -0.4 is 4.74 Å². The van der Waals surface area contributed by atoms with Crippen molar-refractivity contribution in [3.8, 4) is 5.75 Å². The molecule has 0 aliphatic heterocycles. The maximum atomic E-state index is 11.0. The van der Waals surface area contributed by atoms with Gasteiger partial charge in [0.1, 0.15) is 5.75 Å². The molecule has 2 N–H and O–H groups in total. The molecule has 1 unspecified atom stereocenters. The van der Waals surface area contributed by atoms with Crippen molar-refractivity contribution in [2.75, 3.05) is 7.11 Å². The van der Waals surface area contributed by atoms with Crippen molar-refractivity contribution in [1.29, 1.82) is 0 Å². The number of hydrogen-bond donors (Lipinski definition) is 2. The number of carboxylic acid groups (broad SMARTS) is 1. The van der Waals surface area contributed by atoms with Gasteiger partial charge in [0.05, 0.1) is 29.6 Å². The molecule has 1 aromatic heterocycles. The molecule has 2 aromatic rings. The second-order valence-electron chi connectivity index (χ2n) is 3.55. The van der Waals surface area contributed by atoms with Crippen LogP contribution in [-0.2, 0) is 4.79 Å². The first-order chi connectivity index (χ1) is 7.65. The van der Waals surface area contributed by atoms with E-state index in [4.69, 9.17) is 9.84 Å². The molecule has 0 fully saturated rings. The number of methoxy groups -OCH3 is 1. The minimum Gasteiger partial charge on any atom is -0.496 e. The molecular weight excluding hydrogens is 208 g/mol. The average Bonchev–Trinajstić information content (AvgIpc) is 2.71. The Morgan fingerprint density at radius 3 is 2.94 bits per heavy atom. The number of aliphatic carboxylic acids is 1. The van der Waals surface area contributed by atoms with Gasteiger partial charge in [-0.25, -0.2) is 0 Å². The maximum absolute atomic E-state index is 11.0. The first-order valence-corrected chi connectivity index (χ1v) is 4.89. The maximum Gasteiger partial charge on any atom is 0.312 e. The number of carboxylic acids is 1. The van der Waals surface area contributed by atoms with Crippen LogP contribution >= 0.6 is 0 Å². The molecule has 2 rings (SSSR count). The van der Waals surface area contributed by atoms with E-state index in [2.05, 4.69) is 10.2 Å². The van der Waals surface area contributed by atoms with Crippen molar-refractivity contribution < 1.29 is 14.6 Å². The molecule has 16 heavy (non-hydrogen) atoms. The first kappa shape index (κ1) is 10.5. The predicted molar refractivity (Wildman–Crippen MR) is 58.7 cm³/mol. The second kappa shape index (κ2) is 3.84. The van der Waals surface area contributed by atoms with E-state index in [0.29, 0.717) is 17.0 Å². The largest absolute Gasteiger partial charge is 0.496 e. The van der Waals surface area contributed by atoms with Gasteiger partial charge in [0.15, 0.2) is 0 Å². The van der Waals surface area contributed by atoms with Gasteiger partial charge in [0, 0.05) is 0 Å². The summed E-state index contributed by atoms with van der Waals surface area (Å²) in [6, 6.07) is 5.42. The number of ether oxygens (including phenoxy) is 1. The van der Waals surface area contributed by atoms with Gasteiger partial charge < -0.3 is 9.84 Å². The molecule has 0 bridgehead atoms. The van der Waals surface area contributed by atoms with Crippen LogP contribution in [-0.4, -0.2) is 28.4 Å². The van der Waals surface area contributed by atoms with Crippen molar-refractivity contribution in [2.24, 2.45) is 0 Å². The zero-order valence-electron chi connectivity index (χ0n) is 9.02. The Labute approximate surface area is 92.0 Å². The summed E-state index contributed by atoms with van der Waals surface area (Å²) in [5.41, 5.74) is 1.28. The Morgan fingerprint density at radius 1 is 1.56 bits per heavy atom. The number of aromatic amines is 1. The van der Waals surface area contributed by atoms with E-state index in [1.165, 1.54) is 0 Å². The van der Waals surface area contributed by atoms with Crippen LogP contribution in [0.2, 0.25) is 0 Å². The Morgan fingerprint density at radius 2 is 2.31 bits per heavy atom. The van der Waals surface area contributed by atoms with Crippen molar-refractivity contribution in [3.63, 3.8) is 0 Å². The molecule has 1 atom stereocenters. The molecule has 84 valence electrons. The van der Waals surface area contributed by atoms with Gasteiger partial charge in [-0.05, 0) is 19.1 Å². The van der Waals surface area contributed by atoms with Crippen LogP contribution in [0.5, 0.6) is 5.75 Å². The SMILES string of the molecule is COc1cccc2n[nH]c(C(C)C(=O)O)c12. The number of rotatable bonds is 3. The fraction of sp³-hybridized carbons (Fsp3) is 0.273. The number of fused-ring (bicyclic) bond motifs is 1. The third-order valence-corrected chi connectivity index (χ3v) is 2.59. The number of H-pyrrole nitrogens is 1. The summed E-state index contributed by atoms with van der Waals surface area (Å²) in [7, 11) is 1.55. The Hall–Kier alpha value is -2.04. The molecule has 5 heteroatoms. The highest BCUT2D eigenvalue weighted by molar-refractivity contribution is 5.91. The highest BCUT2D eigenvalue weighted by Gasteiger charge is 2.21. The average molecular weight is 220 g/mol. The molecule has 0 saturated carbocycles. The number of carbonyl (C=O) groups is 1.